The van der Waals surface area contributed by atoms with E-state index in [1.54, 1.807) is 13.8 Å². The van der Waals surface area contributed by atoms with Gasteiger partial charge in [-0.15, -0.1) is 0 Å². The molecular formula is C15H19NO5S. The Hall–Kier alpha value is -1.63. The zero-order valence-electron chi connectivity index (χ0n) is 12.7. The summed E-state index contributed by atoms with van der Waals surface area (Å²) in [6.07, 6.45) is 2.25. The van der Waals surface area contributed by atoms with Crippen molar-refractivity contribution in [3.8, 4) is 0 Å². The molecule has 22 heavy (non-hydrogen) atoms. The summed E-state index contributed by atoms with van der Waals surface area (Å²) < 4.78 is 28.8. The van der Waals surface area contributed by atoms with Crippen molar-refractivity contribution in [1.29, 1.82) is 0 Å². The quantitative estimate of drug-likeness (QED) is 0.887. The standard InChI is InChI=1S/C15H19NO5S/c1-9-12-10(17)4-3-5-11(12)21-13(9)14(18)16-15(2)6-7-22(19,20)8-15/h3-8H2,1-2H3,(H,16,18)/t15-/m0/s1. The van der Waals surface area contributed by atoms with Gasteiger partial charge in [0.15, 0.2) is 21.4 Å². The van der Waals surface area contributed by atoms with Crippen LogP contribution in [-0.2, 0) is 16.3 Å². The number of ketones is 1. The molecule has 0 aromatic carbocycles. The third kappa shape index (κ3) is 2.58. The van der Waals surface area contributed by atoms with Crippen molar-refractivity contribution in [3.63, 3.8) is 0 Å². The van der Waals surface area contributed by atoms with E-state index >= 15 is 0 Å². The average Bonchev–Trinajstić information content (AvgIpc) is 2.88. The summed E-state index contributed by atoms with van der Waals surface area (Å²) in [6.45, 7) is 3.42. The van der Waals surface area contributed by atoms with Crippen molar-refractivity contribution >= 4 is 21.5 Å². The minimum absolute atomic E-state index is 0.0104. The van der Waals surface area contributed by atoms with Gasteiger partial charge in [-0.1, -0.05) is 0 Å². The van der Waals surface area contributed by atoms with Crippen LogP contribution >= 0.6 is 0 Å². The Bertz CT molecular complexity index is 761. The fourth-order valence-corrected chi connectivity index (χ4v) is 5.40. The first-order valence-electron chi connectivity index (χ1n) is 7.39. The summed E-state index contributed by atoms with van der Waals surface area (Å²) in [5, 5.41) is 2.77. The molecule has 0 saturated carbocycles. The lowest BCUT2D eigenvalue weighted by Gasteiger charge is -2.23. The first-order valence-corrected chi connectivity index (χ1v) is 9.21. The lowest BCUT2D eigenvalue weighted by Crippen LogP contribution is -2.47. The molecule has 1 amide bonds. The van der Waals surface area contributed by atoms with E-state index in [9.17, 15) is 18.0 Å². The predicted octanol–water partition coefficient (Wildman–Crippen LogP) is 1.41. The average molecular weight is 325 g/mol. The molecule has 1 N–H and O–H groups in total. The van der Waals surface area contributed by atoms with Crippen LogP contribution in [0.15, 0.2) is 4.42 Å². The number of aryl methyl sites for hydroxylation is 1. The van der Waals surface area contributed by atoms with Crippen molar-refractivity contribution in [3.05, 3.63) is 22.6 Å². The molecule has 1 aliphatic heterocycles. The van der Waals surface area contributed by atoms with Crippen LogP contribution in [0.3, 0.4) is 0 Å². The normalized spacial score (nSPS) is 26.7. The van der Waals surface area contributed by atoms with Crippen molar-refractivity contribution in [2.24, 2.45) is 0 Å². The molecule has 1 aromatic heterocycles. The predicted molar refractivity (Wildman–Crippen MR) is 79.9 cm³/mol. The summed E-state index contributed by atoms with van der Waals surface area (Å²) >= 11 is 0. The molecule has 6 nitrogen and oxygen atoms in total. The molecule has 1 aliphatic carbocycles. The van der Waals surface area contributed by atoms with E-state index in [1.807, 2.05) is 0 Å². The summed E-state index contributed by atoms with van der Waals surface area (Å²) in [6, 6.07) is 0. The summed E-state index contributed by atoms with van der Waals surface area (Å²) in [5.74, 6) is 0.282. The first kappa shape index (κ1) is 15.3. The van der Waals surface area contributed by atoms with Crippen molar-refractivity contribution in [2.75, 3.05) is 11.5 Å². The van der Waals surface area contributed by atoms with Gasteiger partial charge in [-0.05, 0) is 26.7 Å². The maximum Gasteiger partial charge on any atom is 0.287 e. The van der Waals surface area contributed by atoms with Gasteiger partial charge >= 0.3 is 0 Å². The monoisotopic (exact) mass is 325 g/mol. The lowest BCUT2D eigenvalue weighted by molar-refractivity contribution is 0.0882. The highest BCUT2D eigenvalue weighted by atomic mass is 32.2. The van der Waals surface area contributed by atoms with Gasteiger partial charge < -0.3 is 9.73 Å². The Kier molecular flexibility index (Phi) is 3.43. The number of Topliss-reactive ketones (excluding diaryl/α,β-unsaturated/α-hetero) is 1. The van der Waals surface area contributed by atoms with Gasteiger partial charge in [-0.3, -0.25) is 9.59 Å². The number of fused-ring (bicyclic) bond motifs is 1. The molecule has 0 spiro atoms. The van der Waals surface area contributed by atoms with Gasteiger partial charge in [0.2, 0.25) is 0 Å². The Labute approximate surface area is 129 Å². The Morgan fingerprint density at radius 2 is 2.05 bits per heavy atom. The number of sulfone groups is 1. The number of carbonyl (C=O) groups is 2. The van der Waals surface area contributed by atoms with E-state index in [1.165, 1.54) is 0 Å². The molecule has 2 aliphatic rings. The molecule has 1 atom stereocenters. The van der Waals surface area contributed by atoms with Gasteiger partial charge in [0.25, 0.3) is 5.91 Å². The SMILES string of the molecule is Cc1c(C(=O)N[C@@]2(C)CCS(=O)(=O)C2)oc2c1C(=O)CCC2. The van der Waals surface area contributed by atoms with Crippen molar-refractivity contribution in [1.82, 2.24) is 5.32 Å². The summed E-state index contributed by atoms with van der Waals surface area (Å²) in [5.41, 5.74) is 0.307. The zero-order valence-corrected chi connectivity index (χ0v) is 13.5. The van der Waals surface area contributed by atoms with Gasteiger partial charge in [0.1, 0.15) is 5.76 Å². The Morgan fingerprint density at radius 3 is 2.64 bits per heavy atom. The minimum atomic E-state index is -3.10. The molecule has 120 valence electrons. The number of nitrogens with one attached hydrogen (secondary N) is 1. The zero-order chi connectivity index (χ0) is 16.1. The van der Waals surface area contributed by atoms with Gasteiger partial charge in [0, 0.05) is 18.4 Å². The second-order valence-electron chi connectivity index (χ2n) is 6.49. The summed E-state index contributed by atoms with van der Waals surface area (Å²) in [4.78, 5) is 24.4. The topological polar surface area (TPSA) is 93.4 Å². The first-order chi connectivity index (χ1) is 10.2. The molecule has 0 unspecified atom stereocenters. The highest BCUT2D eigenvalue weighted by molar-refractivity contribution is 7.91. The number of carbonyl (C=O) groups excluding carboxylic acids is 2. The summed E-state index contributed by atoms with van der Waals surface area (Å²) in [7, 11) is -3.10. The second-order valence-corrected chi connectivity index (χ2v) is 8.67. The molecule has 0 radical (unpaired) electrons. The van der Waals surface area contributed by atoms with Crippen LogP contribution < -0.4 is 5.32 Å². The van der Waals surface area contributed by atoms with E-state index in [0.717, 1.165) is 6.42 Å². The Morgan fingerprint density at radius 1 is 1.32 bits per heavy atom. The molecule has 2 heterocycles. The number of hydrogen-bond donors (Lipinski definition) is 1. The molecule has 1 aromatic rings. The number of amides is 1. The highest BCUT2D eigenvalue weighted by Gasteiger charge is 2.40. The third-order valence-electron chi connectivity index (χ3n) is 4.43. The molecular weight excluding hydrogens is 306 g/mol. The lowest BCUT2D eigenvalue weighted by atomic mass is 9.94. The largest absolute Gasteiger partial charge is 0.455 e. The van der Waals surface area contributed by atoms with Crippen molar-refractivity contribution < 1.29 is 22.4 Å². The van der Waals surface area contributed by atoms with Crippen LogP contribution in [0.1, 0.15) is 58.4 Å². The van der Waals surface area contributed by atoms with Crippen LogP contribution in [-0.4, -0.2) is 37.2 Å². The molecule has 3 rings (SSSR count). The van der Waals surface area contributed by atoms with Crippen LogP contribution in [0.2, 0.25) is 0 Å². The number of furan rings is 1. The van der Waals surface area contributed by atoms with Crippen LogP contribution in [0.5, 0.6) is 0 Å². The number of rotatable bonds is 2. The van der Waals surface area contributed by atoms with Crippen LogP contribution in [0, 0.1) is 6.92 Å². The minimum Gasteiger partial charge on any atom is -0.455 e. The fraction of sp³-hybridized carbons (Fsp3) is 0.600. The maximum absolute atomic E-state index is 12.5. The smallest absolute Gasteiger partial charge is 0.287 e. The molecule has 0 bridgehead atoms. The second kappa shape index (κ2) is 4.94. The number of hydrogen-bond acceptors (Lipinski definition) is 5. The van der Waals surface area contributed by atoms with Gasteiger partial charge in [-0.25, -0.2) is 8.42 Å². The Balaban J connectivity index is 1.86. The van der Waals surface area contributed by atoms with E-state index in [0.29, 0.717) is 36.1 Å². The van der Waals surface area contributed by atoms with E-state index in [-0.39, 0.29) is 23.0 Å². The van der Waals surface area contributed by atoms with Crippen molar-refractivity contribution in [2.45, 2.75) is 45.1 Å². The fourth-order valence-electron chi connectivity index (χ4n) is 3.31. The van der Waals surface area contributed by atoms with E-state index in [4.69, 9.17) is 4.42 Å². The maximum atomic E-state index is 12.5. The van der Waals surface area contributed by atoms with E-state index in [2.05, 4.69) is 5.32 Å². The van der Waals surface area contributed by atoms with Gasteiger partial charge in [0.05, 0.1) is 22.6 Å². The molecule has 1 fully saturated rings. The highest BCUT2D eigenvalue weighted by Crippen LogP contribution is 2.30. The molecule has 7 heteroatoms. The van der Waals surface area contributed by atoms with E-state index < -0.39 is 21.3 Å². The molecule has 1 saturated heterocycles. The third-order valence-corrected chi connectivity index (χ3v) is 6.33. The van der Waals surface area contributed by atoms with Crippen LogP contribution in [0.4, 0.5) is 0 Å². The van der Waals surface area contributed by atoms with Crippen LogP contribution in [0.25, 0.3) is 0 Å². The van der Waals surface area contributed by atoms with Gasteiger partial charge in [-0.2, -0.15) is 0 Å².